The minimum absolute atomic E-state index is 0.0284. The summed E-state index contributed by atoms with van der Waals surface area (Å²) < 4.78 is 18.2. The molecule has 0 fully saturated rings. The molecule has 6 nitrogen and oxygen atoms in total. The standard InChI is InChI=1S/C16H17FN2O4/c1-2-3-4-12(16(21)22)19-15(20)13-14(23-9-18-13)10-5-7-11(17)8-6-10/h5-9,12H,2-4H2,1H3,(H,19,20)(H,21,22). The third kappa shape index (κ3) is 4.15. The fraction of sp³-hybridized carbons (Fsp3) is 0.312. The van der Waals surface area contributed by atoms with Gasteiger partial charge in [-0.15, -0.1) is 0 Å². The predicted molar refractivity (Wildman–Crippen MR) is 80.3 cm³/mol. The zero-order valence-electron chi connectivity index (χ0n) is 12.6. The Kier molecular flexibility index (Phi) is 5.46. The van der Waals surface area contributed by atoms with Gasteiger partial charge in [0.2, 0.25) is 0 Å². The lowest BCUT2D eigenvalue weighted by Crippen LogP contribution is -2.41. The Morgan fingerprint density at radius 1 is 1.35 bits per heavy atom. The van der Waals surface area contributed by atoms with Crippen LogP contribution in [0.5, 0.6) is 0 Å². The molecule has 7 heteroatoms. The summed E-state index contributed by atoms with van der Waals surface area (Å²) in [6.07, 6.45) is 2.93. The topological polar surface area (TPSA) is 92.4 Å². The molecule has 2 aromatic rings. The molecule has 1 unspecified atom stereocenters. The molecule has 0 radical (unpaired) electrons. The van der Waals surface area contributed by atoms with Crippen molar-refractivity contribution in [3.63, 3.8) is 0 Å². The number of carboxylic acids is 1. The van der Waals surface area contributed by atoms with Gasteiger partial charge in [-0.25, -0.2) is 14.2 Å². The molecule has 0 saturated carbocycles. The molecule has 23 heavy (non-hydrogen) atoms. The average molecular weight is 320 g/mol. The van der Waals surface area contributed by atoms with E-state index in [1.165, 1.54) is 24.3 Å². The fourth-order valence-corrected chi connectivity index (χ4v) is 2.11. The van der Waals surface area contributed by atoms with Gasteiger partial charge in [-0.05, 0) is 30.7 Å². The van der Waals surface area contributed by atoms with E-state index in [1.807, 2.05) is 6.92 Å². The second-order valence-corrected chi connectivity index (χ2v) is 5.04. The summed E-state index contributed by atoms with van der Waals surface area (Å²) in [5.41, 5.74) is 0.453. The van der Waals surface area contributed by atoms with E-state index >= 15 is 0 Å². The van der Waals surface area contributed by atoms with Crippen LogP contribution in [0.3, 0.4) is 0 Å². The summed E-state index contributed by atoms with van der Waals surface area (Å²) in [7, 11) is 0. The Morgan fingerprint density at radius 2 is 2.04 bits per heavy atom. The highest BCUT2D eigenvalue weighted by atomic mass is 19.1. The first-order valence-electron chi connectivity index (χ1n) is 7.26. The maximum Gasteiger partial charge on any atom is 0.326 e. The van der Waals surface area contributed by atoms with Gasteiger partial charge >= 0.3 is 5.97 Å². The lowest BCUT2D eigenvalue weighted by atomic mass is 10.1. The molecular weight excluding hydrogens is 303 g/mol. The number of aliphatic carboxylic acids is 1. The van der Waals surface area contributed by atoms with Crippen LogP contribution in [-0.4, -0.2) is 28.0 Å². The number of unbranched alkanes of at least 4 members (excludes halogenated alkanes) is 1. The summed E-state index contributed by atoms with van der Waals surface area (Å²) in [4.78, 5) is 27.3. The summed E-state index contributed by atoms with van der Waals surface area (Å²) in [6.45, 7) is 1.94. The second-order valence-electron chi connectivity index (χ2n) is 5.04. The minimum Gasteiger partial charge on any atom is -0.480 e. The van der Waals surface area contributed by atoms with Crippen LogP contribution < -0.4 is 5.32 Å². The van der Waals surface area contributed by atoms with Crippen LogP contribution in [0.15, 0.2) is 35.1 Å². The van der Waals surface area contributed by atoms with E-state index in [9.17, 15) is 14.0 Å². The number of halogens is 1. The third-order valence-electron chi connectivity index (χ3n) is 3.34. The van der Waals surface area contributed by atoms with E-state index in [2.05, 4.69) is 10.3 Å². The zero-order chi connectivity index (χ0) is 16.8. The van der Waals surface area contributed by atoms with Crippen LogP contribution in [-0.2, 0) is 4.79 Å². The summed E-state index contributed by atoms with van der Waals surface area (Å²) >= 11 is 0. The molecule has 2 rings (SSSR count). The van der Waals surface area contributed by atoms with Crippen LogP contribution >= 0.6 is 0 Å². The predicted octanol–water partition coefficient (Wildman–Crippen LogP) is 2.85. The molecule has 0 aliphatic rings. The fourth-order valence-electron chi connectivity index (χ4n) is 2.11. The summed E-state index contributed by atoms with van der Waals surface area (Å²) in [5, 5.41) is 11.6. The maximum absolute atomic E-state index is 13.0. The molecule has 0 bridgehead atoms. The van der Waals surface area contributed by atoms with E-state index in [4.69, 9.17) is 9.52 Å². The van der Waals surface area contributed by atoms with Gasteiger partial charge in [-0.3, -0.25) is 4.79 Å². The first kappa shape index (κ1) is 16.7. The first-order chi connectivity index (χ1) is 11.0. The first-order valence-corrected chi connectivity index (χ1v) is 7.26. The number of amides is 1. The molecule has 1 atom stereocenters. The Bertz CT molecular complexity index is 682. The lowest BCUT2D eigenvalue weighted by molar-refractivity contribution is -0.139. The number of aromatic nitrogens is 1. The number of hydrogen-bond acceptors (Lipinski definition) is 4. The number of nitrogens with zero attached hydrogens (tertiary/aromatic N) is 1. The van der Waals surface area contributed by atoms with Crippen LogP contribution in [0.25, 0.3) is 11.3 Å². The Hall–Kier alpha value is -2.70. The minimum atomic E-state index is -1.10. The molecule has 1 amide bonds. The van der Waals surface area contributed by atoms with Crippen molar-refractivity contribution in [3.8, 4) is 11.3 Å². The SMILES string of the molecule is CCCCC(NC(=O)c1ncoc1-c1ccc(F)cc1)C(=O)O. The molecule has 0 aliphatic carbocycles. The quantitative estimate of drug-likeness (QED) is 0.818. The van der Waals surface area contributed by atoms with Crippen LogP contribution in [0.2, 0.25) is 0 Å². The van der Waals surface area contributed by atoms with Gasteiger partial charge in [-0.2, -0.15) is 0 Å². The van der Waals surface area contributed by atoms with Crippen molar-refractivity contribution in [2.24, 2.45) is 0 Å². The monoisotopic (exact) mass is 320 g/mol. The van der Waals surface area contributed by atoms with Crippen LogP contribution in [0.4, 0.5) is 4.39 Å². The molecule has 0 aliphatic heterocycles. The molecule has 2 N–H and O–H groups in total. The number of rotatable bonds is 7. The van der Waals surface area contributed by atoms with Crippen molar-refractivity contribution in [3.05, 3.63) is 42.2 Å². The molecule has 1 aromatic carbocycles. The Morgan fingerprint density at radius 3 is 2.65 bits per heavy atom. The molecule has 1 aromatic heterocycles. The summed E-state index contributed by atoms with van der Waals surface area (Å²) in [6, 6.07) is 4.40. The number of nitrogens with one attached hydrogen (secondary N) is 1. The number of oxazole rings is 1. The van der Waals surface area contributed by atoms with Crippen LogP contribution in [0, 0.1) is 5.82 Å². The van der Waals surface area contributed by atoms with E-state index < -0.39 is 23.7 Å². The highest BCUT2D eigenvalue weighted by Gasteiger charge is 2.24. The highest BCUT2D eigenvalue weighted by molar-refractivity contribution is 5.99. The molecule has 122 valence electrons. The average Bonchev–Trinajstić information content (AvgIpc) is 3.01. The molecule has 0 saturated heterocycles. The number of benzene rings is 1. The molecule has 0 spiro atoms. The van der Waals surface area contributed by atoms with E-state index in [1.54, 1.807) is 0 Å². The molecule has 1 heterocycles. The third-order valence-corrected chi connectivity index (χ3v) is 3.34. The van der Waals surface area contributed by atoms with E-state index in [-0.39, 0.29) is 11.5 Å². The van der Waals surface area contributed by atoms with E-state index in [0.717, 1.165) is 12.8 Å². The van der Waals surface area contributed by atoms with Crippen molar-refractivity contribution in [1.29, 1.82) is 0 Å². The van der Waals surface area contributed by atoms with Crippen molar-refractivity contribution >= 4 is 11.9 Å². The van der Waals surface area contributed by atoms with Gasteiger partial charge in [0.15, 0.2) is 17.8 Å². The smallest absolute Gasteiger partial charge is 0.326 e. The normalized spacial score (nSPS) is 11.9. The summed E-state index contributed by atoms with van der Waals surface area (Å²) in [5.74, 6) is -1.98. The molecular formula is C16H17FN2O4. The van der Waals surface area contributed by atoms with Crippen LogP contribution in [0.1, 0.15) is 36.7 Å². The van der Waals surface area contributed by atoms with Gasteiger partial charge < -0.3 is 14.8 Å². The second kappa shape index (κ2) is 7.53. The van der Waals surface area contributed by atoms with Gasteiger partial charge in [0.05, 0.1) is 0 Å². The van der Waals surface area contributed by atoms with Crippen molar-refractivity contribution in [1.82, 2.24) is 10.3 Å². The number of carbonyl (C=O) groups is 2. The zero-order valence-corrected chi connectivity index (χ0v) is 12.6. The number of carboxylic acid groups (broad SMARTS) is 1. The van der Waals surface area contributed by atoms with Gasteiger partial charge in [0.25, 0.3) is 5.91 Å². The number of hydrogen-bond donors (Lipinski definition) is 2. The Labute approximate surface area is 132 Å². The largest absolute Gasteiger partial charge is 0.480 e. The van der Waals surface area contributed by atoms with Gasteiger partial charge in [0.1, 0.15) is 11.9 Å². The highest BCUT2D eigenvalue weighted by Crippen LogP contribution is 2.23. The van der Waals surface area contributed by atoms with Gasteiger partial charge in [0, 0.05) is 5.56 Å². The van der Waals surface area contributed by atoms with Crippen molar-refractivity contribution < 1.29 is 23.5 Å². The maximum atomic E-state index is 13.0. The van der Waals surface area contributed by atoms with Gasteiger partial charge in [-0.1, -0.05) is 19.8 Å². The van der Waals surface area contributed by atoms with E-state index in [0.29, 0.717) is 18.4 Å². The lowest BCUT2D eigenvalue weighted by Gasteiger charge is -2.13. The van der Waals surface area contributed by atoms with Crippen molar-refractivity contribution in [2.45, 2.75) is 32.2 Å². The Balaban J connectivity index is 2.18. The van der Waals surface area contributed by atoms with Crippen molar-refractivity contribution in [2.75, 3.05) is 0 Å². The number of carbonyl (C=O) groups excluding carboxylic acids is 1.